The summed E-state index contributed by atoms with van der Waals surface area (Å²) in [5, 5.41) is 2.59. The predicted octanol–water partition coefficient (Wildman–Crippen LogP) is 2.88. The molecule has 9 heteroatoms. The fourth-order valence-corrected chi connectivity index (χ4v) is 1.25. The second-order valence-electron chi connectivity index (χ2n) is 3.59. The minimum atomic E-state index is -5.47. The average Bonchev–Trinajstić information content (AvgIpc) is 2.72. The first-order valence-electron chi connectivity index (χ1n) is 5.19. The average molecular weight is 291 g/mol. The van der Waals surface area contributed by atoms with Crippen LogP contribution in [0.15, 0.2) is 22.8 Å². The second-order valence-corrected chi connectivity index (χ2v) is 3.59. The third-order valence-electron chi connectivity index (χ3n) is 2.04. The molecule has 0 bridgehead atoms. The van der Waals surface area contributed by atoms with Gasteiger partial charge in [-0.2, -0.15) is 26.3 Å². The zero-order chi connectivity index (χ0) is 14.5. The lowest BCUT2D eigenvalue weighted by atomic mass is 10.3. The maximum absolute atomic E-state index is 12.1. The molecule has 110 valence electrons. The Morgan fingerprint density at radius 1 is 1.16 bits per heavy atom. The SMILES string of the molecule is FC(F)(F)C(OCCNCc1ccco1)C(F)(F)F. The van der Waals surface area contributed by atoms with Crippen LogP contribution in [0, 0.1) is 0 Å². The third-order valence-corrected chi connectivity index (χ3v) is 2.04. The van der Waals surface area contributed by atoms with E-state index in [1.807, 2.05) is 0 Å². The molecule has 1 N–H and O–H groups in total. The quantitative estimate of drug-likeness (QED) is 0.646. The highest BCUT2D eigenvalue weighted by Gasteiger charge is 2.57. The molecule has 0 unspecified atom stereocenters. The Morgan fingerprint density at radius 3 is 2.26 bits per heavy atom. The van der Waals surface area contributed by atoms with E-state index in [4.69, 9.17) is 4.42 Å². The summed E-state index contributed by atoms with van der Waals surface area (Å²) in [7, 11) is 0. The molecule has 0 saturated carbocycles. The van der Waals surface area contributed by atoms with Crippen LogP contribution in [0.2, 0.25) is 0 Å². The summed E-state index contributed by atoms with van der Waals surface area (Å²) in [6.07, 6.45) is -13.3. The minimum Gasteiger partial charge on any atom is -0.468 e. The molecule has 0 aliphatic rings. The highest BCUT2D eigenvalue weighted by molar-refractivity contribution is 4.97. The monoisotopic (exact) mass is 291 g/mol. The van der Waals surface area contributed by atoms with Crippen LogP contribution >= 0.6 is 0 Å². The van der Waals surface area contributed by atoms with E-state index in [1.54, 1.807) is 12.1 Å². The predicted molar refractivity (Wildman–Crippen MR) is 52.3 cm³/mol. The van der Waals surface area contributed by atoms with E-state index >= 15 is 0 Å². The first-order valence-corrected chi connectivity index (χ1v) is 5.19. The van der Waals surface area contributed by atoms with Gasteiger partial charge in [0.15, 0.2) is 0 Å². The molecule has 0 fully saturated rings. The van der Waals surface area contributed by atoms with E-state index < -0.39 is 25.1 Å². The molecule has 0 aromatic carbocycles. The van der Waals surface area contributed by atoms with Crippen molar-refractivity contribution < 1.29 is 35.5 Å². The molecule has 0 spiro atoms. The molecule has 0 radical (unpaired) electrons. The number of hydrogen-bond acceptors (Lipinski definition) is 3. The van der Waals surface area contributed by atoms with Gasteiger partial charge in [-0.05, 0) is 12.1 Å². The first kappa shape index (κ1) is 15.8. The van der Waals surface area contributed by atoms with E-state index in [1.165, 1.54) is 6.26 Å². The Kier molecular flexibility index (Phi) is 5.24. The minimum absolute atomic E-state index is 0.163. The smallest absolute Gasteiger partial charge is 0.423 e. The summed E-state index contributed by atoms with van der Waals surface area (Å²) in [6, 6.07) is 3.22. The van der Waals surface area contributed by atoms with Crippen LogP contribution in [0.5, 0.6) is 0 Å². The lowest BCUT2D eigenvalue weighted by Gasteiger charge is -2.23. The van der Waals surface area contributed by atoms with Crippen molar-refractivity contribution in [2.45, 2.75) is 25.0 Å². The zero-order valence-corrected chi connectivity index (χ0v) is 9.52. The van der Waals surface area contributed by atoms with Crippen molar-refractivity contribution in [3.8, 4) is 0 Å². The molecule has 0 atom stereocenters. The van der Waals surface area contributed by atoms with Crippen LogP contribution in [0.25, 0.3) is 0 Å². The number of furan rings is 1. The summed E-state index contributed by atoms with van der Waals surface area (Å²) in [4.78, 5) is 0. The summed E-state index contributed by atoms with van der Waals surface area (Å²) in [5.41, 5.74) is 0. The largest absolute Gasteiger partial charge is 0.468 e. The van der Waals surface area contributed by atoms with Crippen molar-refractivity contribution in [3.63, 3.8) is 0 Å². The van der Waals surface area contributed by atoms with Crippen LogP contribution in [0.3, 0.4) is 0 Å². The molecule has 1 rings (SSSR count). The summed E-state index contributed by atoms with van der Waals surface area (Å²) in [6.45, 7) is -0.688. The van der Waals surface area contributed by atoms with Gasteiger partial charge >= 0.3 is 12.4 Å². The summed E-state index contributed by atoms with van der Waals surface area (Å²) >= 11 is 0. The van der Waals surface area contributed by atoms with Crippen LogP contribution in [-0.4, -0.2) is 31.6 Å². The molecule has 19 heavy (non-hydrogen) atoms. The van der Waals surface area contributed by atoms with Crippen LogP contribution < -0.4 is 5.32 Å². The molecule has 3 nitrogen and oxygen atoms in total. The van der Waals surface area contributed by atoms with Crippen molar-refractivity contribution in [2.75, 3.05) is 13.2 Å². The number of ether oxygens (including phenoxy) is 1. The molecule has 0 amide bonds. The summed E-state index contributed by atoms with van der Waals surface area (Å²) < 4.78 is 81.2. The second kappa shape index (κ2) is 6.29. The normalized spacial score (nSPS) is 13.2. The standard InChI is InChI=1S/C10H11F6NO2/c11-9(12,13)8(10(14,15)16)19-5-3-17-6-7-2-1-4-18-7/h1-2,4,8,17H,3,5-6H2. The highest BCUT2D eigenvalue weighted by Crippen LogP contribution is 2.35. The molecule has 0 aliphatic heterocycles. The van der Waals surface area contributed by atoms with Crippen LogP contribution in [0.4, 0.5) is 26.3 Å². The molecule has 0 aliphatic carbocycles. The molecular formula is C10H11F6NO2. The van der Waals surface area contributed by atoms with Crippen LogP contribution in [-0.2, 0) is 11.3 Å². The van der Waals surface area contributed by atoms with Gasteiger partial charge in [-0.1, -0.05) is 0 Å². The van der Waals surface area contributed by atoms with Gasteiger partial charge in [0.05, 0.1) is 19.4 Å². The van der Waals surface area contributed by atoms with Gasteiger partial charge in [-0.3, -0.25) is 0 Å². The van der Waals surface area contributed by atoms with E-state index in [9.17, 15) is 26.3 Å². The molecule has 0 saturated heterocycles. The Morgan fingerprint density at radius 2 is 1.79 bits per heavy atom. The Bertz CT molecular complexity index is 345. The van der Waals surface area contributed by atoms with Crippen molar-refractivity contribution in [1.82, 2.24) is 5.32 Å². The third kappa shape index (κ3) is 5.52. The number of nitrogens with one attached hydrogen (secondary N) is 1. The van der Waals surface area contributed by atoms with Gasteiger partial charge < -0.3 is 14.5 Å². The van der Waals surface area contributed by atoms with Gasteiger partial charge in [-0.25, -0.2) is 0 Å². The molecular weight excluding hydrogens is 280 g/mol. The fraction of sp³-hybridized carbons (Fsp3) is 0.600. The number of rotatable bonds is 6. The first-order chi connectivity index (χ1) is 8.71. The van der Waals surface area contributed by atoms with E-state index in [0.717, 1.165) is 0 Å². The van der Waals surface area contributed by atoms with Crippen molar-refractivity contribution in [2.24, 2.45) is 0 Å². The van der Waals surface area contributed by atoms with E-state index in [0.29, 0.717) is 5.76 Å². The van der Waals surface area contributed by atoms with Gasteiger partial charge in [-0.15, -0.1) is 0 Å². The topological polar surface area (TPSA) is 34.4 Å². The zero-order valence-electron chi connectivity index (χ0n) is 9.52. The molecule has 1 heterocycles. The van der Waals surface area contributed by atoms with Gasteiger partial charge in [0.2, 0.25) is 6.10 Å². The number of hydrogen-bond donors (Lipinski definition) is 1. The fourth-order valence-electron chi connectivity index (χ4n) is 1.25. The van der Waals surface area contributed by atoms with Gasteiger partial charge in [0.25, 0.3) is 0 Å². The Balaban J connectivity index is 2.29. The molecule has 1 aromatic heterocycles. The van der Waals surface area contributed by atoms with Gasteiger partial charge in [0.1, 0.15) is 5.76 Å². The Labute approximate surface area is 104 Å². The highest BCUT2D eigenvalue weighted by atomic mass is 19.4. The van der Waals surface area contributed by atoms with E-state index in [-0.39, 0.29) is 13.1 Å². The van der Waals surface area contributed by atoms with Crippen molar-refractivity contribution in [3.05, 3.63) is 24.2 Å². The summed E-state index contributed by atoms with van der Waals surface area (Å²) in [5.74, 6) is 0.517. The van der Waals surface area contributed by atoms with Gasteiger partial charge in [0, 0.05) is 6.54 Å². The van der Waals surface area contributed by atoms with Crippen molar-refractivity contribution >= 4 is 0 Å². The lowest BCUT2D eigenvalue weighted by Crippen LogP contribution is -2.45. The number of alkyl halides is 6. The van der Waals surface area contributed by atoms with E-state index in [2.05, 4.69) is 10.1 Å². The maximum Gasteiger partial charge on any atom is 0.423 e. The lowest BCUT2D eigenvalue weighted by molar-refractivity contribution is -0.321. The maximum atomic E-state index is 12.1. The van der Waals surface area contributed by atoms with Crippen molar-refractivity contribution in [1.29, 1.82) is 0 Å². The number of halogens is 6. The molecule has 1 aromatic rings. The Hall–Kier alpha value is -1.22. The van der Waals surface area contributed by atoms with Crippen LogP contribution in [0.1, 0.15) is 5.76 Å².